The normalized spacial score (nSPS) is 20.3. The van der Waals surface area contributed by atoms with Gasteiger partial charge in [0.2, 0.25) is 0 Å². The summed E-state index contributed by atoms with van der Waals surface area (Å²) in [5.74, 6) is -0.887. The van der Waals surface area contributed by atoms with E-state index < -0.39 is 12.0 Å². The van der Waals surface area contributed by atoms with E-state index in [1.807, 2.05) is 0 Å². The Morgan fingerprint density at radius 2 is 1.93 bits per heavy atom. The van der Waals surface area contributed by atoms with Crippen LogP contribution in [-0.2, 0) is 4.79 Å². The van der Waals surface area contributed by atoms with Crippen LogP contribution < -0.4 is 11.1 Å². The van der Waals surface area contributed by atoms with Crippen molar-refractivity contribution in [1.29, 1.82) is 0 Å². The Hall–Kier alpha value is -1.14. The topological polar surface area (TPSA) is 92.4 Å². The molecule has 1 fully saturated rings. The van der Waals surface area contributed by atoms with E-state index in [1.54, 1.807) is 0 Å². The number of aliphatic carboxylic acids is 1. The molecule has 0 radical (unpaired) electrons. The van der Waals surface area contributed by atoms with Crippen LogP contribution in [0.25, 0.3) is 0 Å². The first kappa shape index (κ1) is 10.9. The van der Waals surface area contributed by atoms with E-state index in [9.17, 15) is 9.59 Å². The summed E-state index contributed by atoms with van der Waals surface area (Å²) in [5, 5.41) is 11.7. The lowest BCUT2D eigenvalue weighted by Gasteiger charge is -2.36. The van der Waals surface area contributed by atoms with Gasteiger partial charge >= 0.3 is 12.0 Å². The van der Waals surface area contributed by atoms with Crippen molar-refractivity contribution in [2.75, 3.05) is 32.7 Å². The number of nitrogens with two attached hydrogens (primary N) is 1. The number of urea groups is 1. The Morgan fingerprint density at radius 3 is 2.36 bits per heavy atom. The maximum atomic E-state index is 11.3. The van der Waals surface area contributed by atoms with Crippen LogP contribution in [-0.4, -0.2) is 54.3 Å². The van der Waals surface area contributed by atoms with Crippen LogP contribution in [0.5, 0.6) is 0 Å². The molecule has 0 bridgehead atoms. The Bertz CT molecular complexity index is 236. The van der Waals surface area contributed by atoms with Gasteiger partial charge in [-0.25, -0.2) is 9.28 Å². The highest BCUT2D eigenvalue weighted by atomic mass is 16.4. The van der Waals surface area contributed by atoms with Gasteiger partial charge in [0.05, 0.1) is 26.1 Å². The average Bonchev–Trinajstić information content (AvgIpc) is 2.16. The van der Waals surface area contributed by atoms with Gasteiger partial charge in [0.15, 0.2) is 0 Å². The number of carbonyl (C=O) groups is 2. The summed E-state index contributed by atoms with van der Waals surface area (Å²) in [6.07, 6.45) is -0.0110. The molecular weight excluding hydrogens is 186 g/mol. The van der Waals surface area contributed by atoms with Crippen LogP contribution in [0, 0.1) is 0 Å². The van der Waals surface area contributed by atoms with Gasteiger partial charge in [-0.15, -0.1) is 0 Å². The first-order chi connectivity index (χ1) is 6.57. The van der Waals surface area contributed by atoms with Crippen molar-refractivity contribution in [2.45, 2.75) is 6.42 Å². The van der Waals surface area contributed by atoms with Crippen molar-refractivity contribution in [3.05, 3.63) is 0 Å². The summed E-state index contributed by atoms with van der Waals surface area (Å²) in [4.78, 5) is 21.7. The SMILES string of the molecule is NC(=O)[N+]1(CCC(=O)O)CCNCC1. The maximum Gasteiger partial charge on any atom is 0.414 e. The number of nitrogens with zero attached hydrogens (tertiary/aromatic N) is 1. The Labute approximate surface area is 82.3 Å². The summed E-state index contributed by atoms with van der Waals surface area (Å²) in [6.45, 7) is 2.89. The molecule has 4 N–H and O–H groups in total. The lowest BCUT2D eigenvalue weighted by molar-refractivity contribution is -0.850. The molecule has 1 heterocycles. The van der Waals surface area contributed by atoms with Gasteiger partial charge in [-0.3, -0.25) is 4.79 Å². The van der Waals surface area contributed by atoms with E-state index in [2.05, 4.69) is 5.32 Å². The van der Waals surface area contributed by atoms with Crippen molar-refractivity contribution in [2.24, 2.45) is 5.73 Å². The number of primary amides is 1. The van der Waals surface area contributed by atoms with E-state index >= 15 is 0 Å². The largest absolute Gasteiger partial charge is 0.481 e. The number of hydrogen-bond donors (Lipinski definition) is 3. The highest BCUT2D eigenvalue weighted by molar-refractivity contribution is 5.68. The predicted octanol–water partition coefficient (Wildman–Crippen LogP) is -1.04. The van der Waals surface area contributed by atoms with Crippen LogP contribution in [0.4, 0.5) is 4.79 Å². The summed E-state index contributed by atoms with van der Waals surface area (Å²) >= 11 is 0. The third kappa shape index (κ3) is 2.43. The van der Waals surface area contributed by atoms with Gasteiger partial charge in [-0.05, 0) is 0 Å². The Kier molecular flexibility index (Phi) is 3.43. The number of carboxylic acids is 1. The third-order valence-corrected chi connectivity index (χ3v) is 2.65. The van der Waals surface area contributed by atoms with Gasteiger partial charge in [0.1, 0.15) is 0 Å². The minimum atomic E-state index is -0.887. The second-order valence-electron chi connectivity index (χ2n) is 3.55. The first-order valence-corrected chi connectivity index (χ1v) is 4.65. The minimum absolute atomic E-state index is 0.0110. The lowest BCUT2D eigenvalue weighted by Crippen LogP contribution is -2.64. The summed E-state index contributed by atoms with van der Waals surface area (Å²) < 4.78 is 0.0965. The van der Waals surface area contributed by atoms with Crippen molar-refractivity contribution in [3.8, 4) is 0 Å². The quantitative estimate of drug-likeness (QED) is 0.510. The molecular formula is C8H16N3O3+. The molecule has 1 saturated heterocycles. The molecule has 6 heteroatoms. The van der Waals surface area contributed by atoms with Crippen molar-refractivity contribution in [1.82, 2.24) is 5.32 Å². The number of amides is 2. The van der Waals surface area contributed by atoms with Gasteiger partial charge in [-0.2, -0.15) is 0 Å². The van der Waals surface area contributed by atoms with Gasteiger partial charge in [0, 0.05) is 13.1 Å². The molecule has 0 saturated carbocycles. The van der Waals surface area contributed by atoms with E-state index in [0.717, 1.165) is 0 Å². The summed E-state index contributed by atoms with van der Waals surface area (Å²) in [7, 11) is 0. The second kappa shape index (κ2) is 4.39. The monoisotopic (exact) mass is 202 g/mol. The molecule has 1 aliphatic rings. The molecule has 0 spiro atoms. The molecule has 80 valence electrons. The zero-order chi connectivity index (χ0) is 10.6. The standard InChI is InChI=1S/C8H15N3O3/c9-8(14)11(4-1-7(12)13)5-2-10-3-6-11/h10H,1-6H2,(H2-,9,12,13,14)/p+1. The van der Waals surface area contributed by atoms with Crippen LogP contribution in [0.1, 0.15) is 6.42 Å². The zero-order valence-electron chi connectivity index (χ0n) is 8.03. The minimum Gasteiger partial charge on any atom is -0.481 e. The molecule has 0 aliphatic carbocycles. The van der Waals surface area contributed by atoms with Gasteiger partial charge in [-0.1, -0.05) is 0 Å². The number of piperazine rings is 1. The molecule has 6 nitrogen and oxygen atoms in total. The van der Waals surface area contributed by atoms with Crippen LogP contribution in [0.15, 0.2) is 0 Å². The number of carbonyl (C=O) groups excluding carboxylic acids is 1. The second-order valence-corrected chi connectivity index (χ2v) is 3.55. The van der Waals surface area contributed by atoms with Gasteiger partial charge in [0.25, 0.3) is 0 Å². The molecule has 1 aliphatic heterocycles. The number of hydrogen-bond acceptors (Lipinski definition) is 3. The number of carboxylic acid groups (broad SMARTS) is 1. The van der Waals surface area contributed by atoms with E-state index in [1.165, 1.54) is 0 Å². The zero-order valence-corrected chi connectivity index (χ0v) is 8.03. The van der Waals surface area contributed by atoms with E-state index in [-0.39, 0.29) is 10.9 Å². The molecule has 1 rings (SSSR count). The molecule has 0 atom stereocenters. The Balaban J connectivity index is 2.60. The maximum absolute atomic E-state index is 11.3. The van der Waals surface area contributed by atoms with Crippen molar-refractivity contribution in [3.63, 3.8) is 0 Å². The number of rotatable bonds is 3. The van der Waals surface area contributed by atoms with Crippen LogP contribution >= 0.6 is 0 Å². The molecule has 14 heavy (non-hydrogen) atoms. The first-order valence-electron chi connectivity index (χ1n) is 4.65. The summed E-state index contributed by atoms with van der Waals surface area (Å²) in [6, 6.07) is -0.423. The fraction of sp³-hybridized carbons (Fsp3) is 0.750. The molecule has 0 aromatic heterocycles. The Morgan fingerprint density at radius 1 is 1.36 bits per heavy atom. The van der Waals surface area contributed by atoms with E-state index in [0.29, 0.717) is 32.7 Å². The smallest absolute Gasteiger partial charge is 0.414 e. The number of nitrogens with one attached hydrogen (secondary N) is 1. The molecule has 0 aromatic carbocycles. The van der Waals surface area contributed by atoms with Crippen LogP contribution in [0.2, 0.25) is 0 Å². The fourth-order valence-electron chi connectivity index (χ4n) is 1.69. The highest BCUT2D eigenvalue weighted by Crippen LogP contribution is 2.09. The van der Waals surface area contributed by atoms with Crippen molar-refractivity contribution < 1.29 is 19.2 Å². The average molecular weight is 202 g/mol. The fourth-order valence-corrected chi connectivity index (χ4v) is 1.69. The lowest BCUT2D eigenvalue weighted by atomic mass is 10.2. The molecule has 0 aromatic rings. The molecule has 2 amide bonds. The molecule has 0 unspecified atom stereocenters. The van der Waals surface area contributed by atoms with Gasteiger partial charge < -0.3 is 16.2 Å². The predicted molar refractivity (Wildman–Crippen MR) is 49.6 cm³/mol. The highest BCUT2D eigenvalue weighted by Gasteiger charge is 2.36. The van der Waals surface area contributed by atoms with Crippen molar-refractivity contribution >= 4 is 12.0 Å². The third-order valence-electron chi connectivity index (χ3n) is 2.65. The van der Waals surface area contributed by atoms with E-state index in [4.69, 9.17) is 10.8 Å². The van der Waals surface area contributed by atoms with Crippen LogP contribution in [0.3, 0.4) is 0 Å². The summed E-state index contributed by atoms with van der Waals surface area (Å²) in [5.41, 5.74) is 5.30. The number of quaternary nitrogens is 1.